The largest absolute Gasteiger partial charge is 0.484 e. The third-order valence-corrected chi connectivity index (χ3v) is 2.52. The highest BCUT2D eigenvalue weighted by Crippen LogP contribution is 2.08. The Morgan fingerprint density at radius 1 is 1.37 bits per heavy atom. The molecule has 0 aliphatic rings. The van der Waals surface area contributed by atoms with Crippen LogP contribution in [-0.2, 0) is 0 Å². The molecule has 2 aromatic rings. The molecule has 98 valence electrons. The minimum absolute atomic E-state index is 0.123. The van der Waals surface area contributed by atoms with E-state index in [4.69, 9.17) is 10.5 Å². The van der Waals surface area contributed by atoms with Gasteiger partial charge in [0.1, 0.15) is 11.6 Å². The Morgan fingerprint density at radius 3 is 2.74 bits per heavy atom. The maximum Gasteiger partial charge on any atom is 0.356 e. The lowest BCUT2D eigenvalue weighted by Crippen LogP contribution is -2.32. The van der Waals surface area contributed by atoms with Crippen molar-refractivity contribution in [2.45, 2.75) is 6.92 Å². The number of nitrogen functional groups attached to an aromatic ring is 1. The summed E-state index contributed by atoms with van der Waals surface area (Å²) in [5, 5.41) is 0. The Kier molecular flexibility index (Phi) is 3.61. The molecule has 1 aromatic heterocycles. The highest BCUT2D eigenvalue weighted by atomic mass is 16.5. The quantitative estimate of drug-likeness (QED) is 0.883. The number of hydrogen-bond donors (Lipinski definition) is 1. The monoisotopic (exact) mass is 259 g/mol. The van der Waals surface area contributed by atoms with E-state index in [9.17, 15) is 9.59 Å². The average molecular weight is 259 g/mol. The van der Waals surface area contributed by atoms with Crippen LogP contribution < -0.4 is 16.2 Å². The predicted molar refractivity (Wildman–Crippen MR) is 70.2 cm³/mol. The van der Waals surface area contributed by atoms with Crippen molar-refractivity contribution in [1.82, 2.24) is 9.55 Å². The van der Waals surface area contributed by atoms with Gasteiger partial charge in [0.2, 0.25) is 0 Å². The first kappa shape index (κ1) is 12.8. The summed E-state index contributed by atoms with van der Waals surface area (Å²) in [6.45, 7) is 1.43. The van der Waals surface area contributed by atoms with Crippen molar-refractivity contribution in [2.24, 2.45) is 0 Å². The highest BCUT2D eigenvalue weighted by Gasteiger charge is 2.10. The van der Waals surface area contributed by atoms with E-state index in [1.807, 2.05) is 6.07 Å². The molecule has 1 aromatic carbocycles. The number of ether oxygens (including phenoxy) is 1. The molecule has 0 saturated carbocycles. The van der Waals surface area contributed by atoms with Crippen LogP contribution in [0, 0.1) is 6.92 Å². The number of nitrogens with zero attached hydrogens (tertiary/aromatic N) is 2. The Bertz CT molecular complexity index is 650. The summed E-state index contributed by atoms with van der Waals surface area (Å²) in [5.41, 5.74) is 5.35. The predicted octanol–water partition coefficient (Wildman–Crippen LogP) is 0.853. The van der Waals surface area contributed by atoms with E-state index in [0.717, 1.165) is 4.57 Å². The summed E-state index contributed by atoms with van der Waals surface area (Å²) >= 11 is 0. The summed E-state index contributed by atoms with van der Waals surface area (Å²) in [5.74, 6) is 0.187. The third-order valence-electron chi connectivity index (χ3n) is 2.52. The van der Waals surface area contributed by atoms with Crippen molar-refractivity contribution in [3.63, 3.8) is 0 Å². The summed E-state index contributed by atoms with van der Waals surface area (Å²) in [7, 11) is 0. The molecule has 0 radical (unpaired) electrons. The zero-order valence-corrected chi connectivity index (χ0v) is 10.4. The number of rotatable bonds is 3. The molecule has 0 atom stereocenters. The van der Waals surface area contributed by atoms with Crippen LogP contribution in [0.25, 0.3) is 0 Å². The van der Waals surface area contributed by atoms with Gasteiger partial charge in [-0.1, -0.05) is 18.2 Å². The SMILES string of the molecule is Cc1cn(C(=O)COc2ccccc2)c(=O)nc1N. The summed E-state index contributed by atoms with van der Waals surface area (Å²) < 4.78 is 6.18. The molecule has 1 heterocycles. The fourth-order valence-electron chi connectivity index (χ4n) is 1.47. The second-order valence-electron chi connectivity index (χ2n) is 3.96. The lowest BCUT2D eigenvalue weighted by Gasteiger charge is -2.07. The summed E-state index contributed by atoms with van der Waals surface area (Å²) in [6.07, 6.45) is 1.36. The molecule has 0 saturated heterocycles. The van der Waals surface area contributed by atoms with Crippen LogP contribution in [0.4, 0.5) is 5.82 Å². The minimum atomic E-state index is -0.704. The van der Waals surface area contributed by atoms with Gasteiger partial charge in [-0.25, -0.2) is 9.36 Å². The number of aromatic nitrogens is 2. The Balaban J connectivity index is 2.13. The second-order valence-corrected chi connectivity index (χ2v) is 3.96. The normalized spacial score (nSPS) is 10.2. The van der Waals surface area contributed by atoms with E-state index >= 15 is 0 Å². The van der Waals surface area contributed by atoms with E-state index in [2.05, 4.69) is 4.98 Å². The number of carbonyl (C=O) groups is 1. The second kappa shape index (κ2) is 5.34. The van der Waals surface area contributed by atoms with Crippen LogP contribution in [0.2, 0.25) is 0 Å². The van der Waals surface area contributed by atoms with Crippen molar-refractivity contribution in [3.05, 3.63) is 52.6 Å². The molecule has 0 spiro atoms. The average Bonchev–Trinajstić information content (AvgIpc) is 2.41. The molecule has 0 aliphatic carbocycles. The minimum Gasteiger partial charge on any atom is -0.484 e. The highest BCUT2D eigenvalue weighted by molar-refractivity contribution is 5.80. The number of anilines is 1. The van der Waals surface area contributed by atoms with Crippen LogP contribution in [0.1, 0.15) is 10.4 Å². The zero-order chi connectivity index (χ0) is 13.8. The van der Waals surface area contributed by atoms with Gasteiger partial charge in [-0.3, -0.25) is 4.79 Å². The Labute approximate surface area is 109 Å². The number of carbonyl (C=O) groups excluding carboxylic acids is 1. The smallest absolute Gasteiger partial charge is 0.356 e. The van der Waals surface area contributed by atoms with Crippen LogP contribution in [0.3, 0.4) is 0 Å². The zero-order valence-electron chi connectivity index (χ0n) is 10.4. The maximum absolute atomic E-state index is 11.9. The molecule has 2 rings (SSSR count). The Hall–Kier alpha value is -2.63. The van der Waals surface area contributed by atoms with Crippen molar-refractivity contribution in [2.75, 3.05) is 12.3 Å². The van der Waals surface area contributed by atoms with Gasteiger partial charge in [0, 0.05) is 11.8 Å². The van der Waals surface area contributed by atoms with Crippen LogP contribution in [0.5, 0.6) is 5.75 Å². The van der Waals surface area contributed by atoms with Crippen LogP contribution in [-0.4, -0.2) is 22.1 Å². The van der Waals surface area contributed by atoms with Crippen molar-refractivity contribution < 1.29 is 9.53 Å². The van der Waals surface area contributed by atoms with Gasteiger partial charge in [-0.15, -0.1) is 0 Å². The first-order chi connectivity index (χ1) is 9.08. The van der Waals surface area contributed by atoms with E-state index in [1.54, 1.807) is 31.2 Å². The van der Waals surface area contributed by atoms with Crippen molar-refractivity contribution in [3.8, 4) is 5.75 Å². The maximum atomic E-state index is 11.9. The lowest BCUT2D eigenvalue weighted by molar-refractivity contribution is 0.0831. The van der Waals surface area contributed by atoms with E-state index in [1.165, 1.54) is 6.20 Å². The van der Waals surface area contributed by atoms with Gasteiger partial charge in [0.25, 0.3) is 5.91 Å². The molecule has 6 nitrogen and oxygen atoms in total. The fourth-order valence-corrected chi connectivity index (χ4v) is 1.47. The number of para-hydroxylation sites is 1. The van der Waals surface area contributed by atoms with Crippen LogP contribution in [0.15, 0.2) is 41.3 Å². The molecule has 0 unspecified atom stereocenters. The number of nitrogens with two attached hydrogens (primary N) is 1. The Morgan fingerprint density at radius 2 is 2.05 bits per heavy atom. The van der Waals surface area contributed by atoms with E-state index in [-0.39, 0.29) is 12.4 Å². The lowest BCUT2D eigenvalue weighted by atomic mass is 10.3. The third kappa shape index (κ3) is 2.98. The molecule has 6 heteroatoms. The molecule has 0 aliphatic heterocycles. The number of aryl methyl sites for hydroxylation is 1. The van der Waals surface area contributed by atoms with Crippen LogP contribution >= 0.6 is 0 Å². The topological polar surface area (TPSA) is 87.2 Å². The van der Waals surface area contributed by atoms with Gasteiger partial charge in [-0.05, 0) is 19.1 Å². The van der Waals surface area contributed by atoms with Gasteiger partial charge < -0.3 is 10.5 Å². The fraction of sp³-hybridized carbons (Fsp3) is 0.154. The molecule has 0 amide bonds. The molecular formula is C13H13N3O3. The standard InChI is InChI=1S/C13H13N3O3/c1-9-7-16(13(18)15-12(9)14)11(17)8-19-10-5-3-2-4-6-10/h2-7H,8H2,1H3,(H2,14,15,18). The van der Waals surface area contributed by atoms with Gasteiger partial charge in [0.15, 0.2) is 6.61 Å². The van der Waals surface area contributed by atoms with Gasteiger partial charge >= 0.3 is 5.69 Å². The van der Waals surface area contributed by atoms with Gasteiger partial charge in [0.05, 0.1) is 0 Å². The molecule has 0 fully saturated rings. The number of benzene rings is 1. The summed E-state index contributed by atoms with van der Waals surface area (Å²) in [4.78, 5) is 27.0. The molecule has 0 bridgehead atoms. The van der Waals surface area contributed by atoms with E-state index in [0.29, 0.717) is 11.3 Å². The van der Waals surface area contributed by atoms with Gasteiger partial charge in [-0.2, -0.15) is 4.98 Å². The molecule has 2 N–H and O–H groups in total. The first-order valence-corrected chi connectivity index (χ1v) is 5.65. The molecular weight excluding hydrogens is 246 g/mol. The molecule has 19 heavy (non-hydrogen) atoms. The number of hydrogen-bond acceptors (Lipinski definition) is 5. The summed E-state index contributed by atoms with van der Waals surface area (Å²) in [6, 6.07) is 8.87. The van der Waals surface area contributed by atoms with Crippen molar-refractivity contribution in [1.29, 1.82) is 0 Å². The van der Waals surface area contributed by atoms with Crippen molar-refractivity contribution >= 4 is 11.7 Å². The van der Waals surface area contributed by atoms with E-state index < -0.39 is 11.6 Å². The first-order valence-electron chi connectivity index (χ1n) is 5.65.